The molecule has 0 radical (unpaired) electrons. The number of rotatable bonds is 4. The topological polar surface area (TPSA) is 12.0 Å². The van der Waals surface area contributed by atoms with Gasteiger partial charge in [-0.3, -0.25) is 0 Å². The van der Waals surface area contributed by atoms with Gasteiger partial charge in [-0.2, -0.15) is 0 Å². The zero-order valence-corrected chi connectivity index (χ0v) is 10.4. The van der Waals surface area contributed by atoms with Crippen LogP contribution in [-0.2, 0) is 0 Å². The maximum atomic E-state index is 3.50. The van der Waals surface area contributed by atoms with Crippen LogP contribution in [0.3, 0.4) is 0 Å². The summed E-state index contributed by atoms with van der Waals surface area (Å²) in [6.45, 7) is 13.5. The van der Waals surface area contributed by atoms with Gasteiger partial charge in [0.15, 0.2) is 0 Å². The summed E-state index contributed by atoms with van der Waals surface area (Å²) >= 11 is 0. The molecular formula is C13H23N. The van der Waals surface area contributed by atoms with Crippen LogP contribution in [0.2, 0.25) is 0 Å². The molecule has 0 saturated heterocycles. The molecule has 1 heteroatoms. The molecule has 0 heterocycles. The Morgan fingerprint density at radius 1 is 1.21 bits per heavy atom. The second-order valence-corrected chi connectivity index (χ2v) is 4.83. The van der Waals surface area contributed by atoms with E-state index < -0.39 is 0 Å². The highest BCUT2D eigenvalue weighted by molar-refractivity contribution is 5.09. The fourth-order valence-corrected chi connectivity index (χ4v) is 1.31. The zero-order chi connectivity index (χ0) is 11.2. The van der Waals surface area contributed by atoms with Crippen LogP contribution >= 0.6 is 0 Å². The van der Waals surface area contributed by atoms with E-state index in [0.717, 1.165) is 6.54 Å². The summed E-state index contributed by atoms with van der Waals surface area (Å²) in [5.41, 5.74) is 0.106. The zero-order valence-electron chi connectivity index (χ0n) is 10.4. The Labute approximate surface area is 89.0 Å². The predicted molar refractivity (Wildman–Crippen MR) is 64.1 cm³/mol. The van der Waals surface area contributed by atoms with E-state index in [2.05, 4.69) is 57.0 Å². The van der Waals surface area contributed by atoms with Gasteiger partial charge in [0.25, 0.3) is 0 Å². The molecule has 0 aromatic heterocycles. The normalized spacial score (nSPS) is 12.7. The van der Waals surface area contributed by atoms with Gasteiger partial charge in [0.2, 0.25) is 0 Å². The van der Waals surface area contributed by atoms with Gasteiger partial charge in [-0.15, -0.1) is 5.92 Å². The van der Waals surface area contributed by atoms with Crippen molar-refractivity contribution in [2.24, 2.45) is 5.41 Å². The van der Waals surface area contributed by atoms with Gasteiger partial charge < -0.3 is 5.32 Å². The standard InChI is InChI=1S/C13H23N/c1-7-9-12(3,4)11-14-13(5,6)10-8-2/h8,10,14H,11H2,1-6H3. The molecule has 0 spiro atoms. The summed E-state index contributed by atoms with van der Waals surface area (Å²) in [6, 6.07) is 0. The minimum atomic E-state index is 0.0492. The molecule has 14 heavy (non-hydrogen) atoms. The molecule has 80 valence electrons. The third-order valence-electron chi connectivity index (χ3n) is 2.03. The van der Waals surface area contributed by atoms with Crippen LogP contribution in [0.1, 0.15) is 41.5 Å². The Morgan fingerprint density at radius 3 is 2.21 bits per heavy atom. The van der Waals surface area contributed by atoms with E-state index >= 15 is 0 Å². The van der Waals surface area contributed by atoms with Gasteiger partial charge >= 0.3 is 0 Å². The van der Waals surface area contributed by atoms with Gasteiger partial charge in [0, 0.05) is 17.5 Å². The first-order valence-electron chi connectivity index (χ1n) is 5.16. The molecule has 0 aromatic rings. The maximum absolute atomic E-state index is 3.50. The molecule has 0 amide bonds. The van der Waals surface area contributed by atoms with Gasteiger partial charge in [-0.05, 0) is 41.5 Å². The first kappa shape index (κ1) is 13.3. The summed E-state index contributed by atoms with van der Waals surface area (Å²) in [5.74, 6) is 6.17. The molecule has 0 atom stereocenters. The van der Waals surface area contributed by atoms with Gasteiger partial charge in [0.05, 0.1) is 0 Å². The first-order chi connectivity index (χ1) is 6.33. The van der Waals surface area contributed by atoms with Crippen molar-refractivity contribution in [2.75, 3.05) is 6.54 Å². The van der Waals surface area contributed by atoms with Crippen molar-refractivity contribution < 1.29 is 0 Å². The van der Waals surface area contributed by atoms with Crippen molar-refractivity contribution in [3.63, 3.8) is 0 Å². The molecule has 0 aromatic carbocycles. The molecule has 0 aliphatic carbocycles. The smallest absolute Gasteiger partial charge is 0.0382 e. The molecule has 0 saturated carbocycles. The fourth-order valence-electron chi connectivity index (χ4n) is 1.31. The van der Waals surface area contributed by atoms with Crippen LogP contribution in [0.25, 0.3) is 0 Å². The van der Waals surface area contributed by atoms with E-state index in [1.54, 1.807) is 0 Å². The molecule has 1 N–H and O–H groups in total. The molecule has 0 aliphatic heterocycles. The van der Waals surface area contributed by atoms with E-state index in [9.17, 15) is 0 Å². The van der Waals surface area contributed by atoms with E-state index in [1.807, 2.05) is 13.8 Å². The Balaban J connectivity index is 4.22. The Morgan fingerprint density at radius 2 is 1.79 bits per heavy atom. The average Bonchev–Trinajstić information content (AvgIpc) is 2.01. The quantitative estimate of drug-likeness (QED) is 0.534. The van der Waals surface area contributed by atoms with Crippen molar-refractivity contribution in [3.05, 3.63) is 12.2 Å². The largest absolute Gasteiger partial charge is 0.307 e. The Kier molecular flexibility index (Phi) is 4.94. The third-order valence-corrected chi connectivity index (χ3v) is 2.03. The van der Waals surface area contributed by atoms with Crippen LogP contribution in [0.5, 0.6) is 0 Å². The maximum Gasteiger partial charge on any atom is 0.0382 e. The fraction of sp³-hybridized carbons (Fsp3) is 0.692. The van der Waals surface area contributed by atoms with Crippen LogP contribution in [0, 0.1) is 17.3 Å². The molecule has 0 unspecified atom stereocenters. The lowest BCUT2D eigenvalue weighted by Crippen LogP contribution is -2.42. The number of nitrogens with one attached hydrogen (secondary N) is 1. The summed E-state index contributed by atoms with van der Waals surface area (Å²) in [4.78, 5) is 0. The molecule has 0 fully saturated rings. The second-order valence-electron chi connectivity index (χ2n) is 4.83. The Bertz CT molecular complexity index is 248. The van der Waals surface area contributed by atoms with Crippen LogP contribution < -0.4 is 5.32 Å². The van der Waals surface area contributed by atoms with E-state index in [-0.39, 0.29) is 11.0 Å². The first-order valence-corrected chi connectivity index (χ1v) is 5.16. The highest BCUT2D eigenvalue weighted by Crippen LogP contribution is 2.14. The molecule has 0 rings (SSSR count). The second kappa shape index (κ2) is 5.22. The van der Waals surface area contributed by atoms with Gasteiger partial charge in [-0.1, -0.05) is 18.1 Å². The highest BCUT2D eigenvalue weighted by atomic mass is 15.0. The van der Waals surface area contributed by atoms with Crippen molar-refractivity contribution in [2.45, 2.75) is 47.1 Å². The molecule has 1 nitrogen and oxygen atoms in total. The third kappa shape index (κ3) is 5.83. The average molecular weight is 193 g/mol. The SMILES string of the molecule is CC#CC(C)(C)CNC(C)(C)C=CC. The summed E-state index contributed by atoms with van der Waals surface area (Å²) < 4.78 is 0. The Hall–Kier alpha value is -0.740. The predicted octanol–water partition coefficient (Wildman–Crippen LogP) is 2.98. The van der Waals surface area contributed by atoms with Gasteiger partial charge in [0.1, 0.15) is 0 Å². The van der Waals surface area contributed by atoms with Crippen molar-refractivity contribution in [1.82, 2.24) is 5.32 Å². The minimum absolute atomic E-state index is 0.0492. The number of allylic oxidation sites excluding steroid dienone is 1. The lowest BCUT2D eigenvalue weighted by molar-refractivity contribution is 0.379. The van der Waals surface area contributed by atoms with E-state index in [0.29, 0.717) is 0 Å². The van der Waals surface area contributed by atoms with Crippen LogP contribution in [0.4, 0.5) is 0 Å². The molecular weight excluding hydrogens is 170 g/mol. The van der Waals surface area contributed by atoms with Crippen molar-refractivity contribution in [1.29, 1.82) is 0 Å². The molecule has 0 bridgehead atoms. The minimum Gasteiger partial charge on any atom is -0.307 e. The van der Waals surface area contributed by atoms with E-state index in [4.69, 9.17) is 0 Å². The van der Waals surface area contributed by atoms with Gasteiger partial charge in [-0.25, -0.2) is 0 Å². The lowest BCUT2D eigenvalue weighted by atomic mass is 9.92. The highest BCUT2D eigenvalue weighted by Gasteiger charge is 2.19. The van der Waals surface area contributed by atoms with Crippen molar-refractivity contribution >= 4 is 0 Å². The number of hydrogen-bond donors (Lipinski definition) is 1. The molecule has 0 aliphatic rings. The lowest BCUT2D eigenvalue weighted by Gasteiger charge is -2.27. The monoisotopic (exact) mass is 193 g/mol. The van der Waals surface area contributed by atoms with Crippen molar-refractivity contribution in [3.8, 4) is 11.8 Å². The van der Waals surface area contributed by atoms with Crippen LogP contribution in [0.15, 0.2) is 12.2 Å². The van der Waals surface area contributed by atoms with Crippen LogP contribution in [-0.4, -0.2) is 12.1 Å². The summed E-state index contributed by atoms with van der Waals surface area (Å²) in [6.07, 6.45) is 4.24. The summed E-state index contributed by atoms with van der Waals surface area (Å²) in [5, 5.41) is 3.50. The number of hydrogen-bond acceptors (Lipinski definition) is 1. The van der Waals surface area contributed by atoms with E-state index in [1.165, 1.54) is 0 Å². The summed E-state index contributed by atoms with van der Waals surface area (Å²) in [7, 11) is 0.